The number of benzene rings is 1. The molecule has 0 spiro atoms. The van der Waals surface area contributed by atoms with Crippen LogP contribution in [0.3, 0.4) is 0 Å². The van der Waals surface area contributed by atoms with Gasteiger partial charge in [0.1, 0.15) is 5.82 Å². The fourth-order valence-corrected chi connectivity index (χ4v) is 5.60. The fourth-order valence-electron chi connectivity index (χ4n) is 5.60. The summed E-state index contributed by atoms with van der Waals surface area (Å²) in [5, 5.41) is 10.3. The second-order valence-corrected chi connectivity index (χ2v) is 8.85. The molecular formula is C23H29N3O3. The van der Waals surface area contributed by atoms with E-state index in [-0.39, 0.29) is 17.0 Å². The molecule has 2 heterocycles. The normalized spacial score (nSPS) is 18.2. The van der Waals surface area contributed by atoms with Crippen molar-refractivity contribution in [3.05, 3.63) is 56.3 Å². The zero-order valence-corrected chi connectivity index (χ0v) is 17.7. The van der Waals surface area contributed by atoms with Crippen LogP contribution in [0.25, 0.3) is 0 Å². The van der Waals surface area contributed by atoms with E-state index in [1.54, 1.807) is 11.6 Å². The highest BCUT2D eigenvalue weighted by Crippen LogP contribution is 2.46. The molecule has 2 aliphatic rings. The fraction of sp³-hybridized carbons (Fsp3) is 0.522. The van der Waals surface area contributed by atoms with Crippen LogP contribution in [-0.2, 0) is 18.4 Å². The first kappa shape index (κ1) is 19.7. The van der Waals surface area contributed by atoms with Crippen LogP contribution in [0.1, 0.15) is 64.2 Å². The van der Waals surface area contributed by atoms with Gasteiger partial charge in [0.25, 0.3) is 5.91 Å². The van der Waals surface area contributed by atoms with Crippen molar-refractivity contribution in [1.82, 2.24) is 14.5 Å². The summed E-state index contributed by atoms with van der Waals surface area (Å²) in [6, 6.07) is 4.46. The molecule has 0 radical (unpaired) electrons. The minimum Gasteiger partial charge on any atom is -0.501 e. The summed E-state index contributed by atoms with van der Waals surface area (Å²) in [7, 11) is 1.69. The second-order valence-electron chi connectivity index (χ2n) is 8.85. The SMILES string of the molecule is Cc1cc(C)c(C2(Cc3nc(=O)c(O)c4n3CCN(C)C4=O)CCCC2)c(C)c1. The summed E-state index contributed by atoms with van der Waals surface area (Å²) in [4.78, 5) is 30.8. The van der Waals surface area contributed by atoms with Gasteiger partial charge in [0.15, 0.2) is 5.69 Å². The summed E-state index contributed by atoms with van der Waals surface area (Å²) in [6.07, 6.45) is 4.97. The topological polar surface area (TPSA) is 75.4 Å². The van der Waals surface area contributed by atoms with Gasteiger partial charge in [-0.2, -0.15) is 4.98 Å². The first-order valence-corrected chi connectivity index (χ1v) is 10.4. The molecule has 0 unspecified atom stereocenters. The Bertz CT molecular complexity index is 1030. The van der Waals surface area contributed by atoms with Crippen molar-refractivity contribution in [3.8, 4) is 5.75 Å². The minimum atomic E-state index is -0.708. The third-order valence-electron chi connectivity index (χ3n) is 6.71. The van der Waals surface area contributed by atoms with Gasteiger partial charge in [0, 0.05) is 32.0 Å². The number of carbonyl (C=O) groups excluding carboxylic acids is 1. The number of aromatic hydroxyl groups is 1. The Labute approximate surface area is 171 Å². The Kier molecular flexibility index (Phi) is 4.75. The van der Waals surface area contributed by atoms with Crippen LogP contribution in [0.4, 0.5) is 0 Å². The van der Waals surface area contributed by atoms with E-state index in [2.05, 4.69) is 37.9 Å². The molecule has 6 heteroatoms. The number of carbonyl (C=O) groups is 1. The molecule has 154 valence electrons. The van der Waals surface area contributed by atoms with Crippen molar-refractivity contribution < 1.29 is 9.90 Å². The predicted octanol–water partition coefficient (Wildman–Crippen LogP) is 3.01. The van der Waals surface area contributed by atoms with E-state index in [0.717, 1.165) is 25.7 Å². The maximum Gasteiger partial charge on any atom is 0.315 e. The molecule has 1 aliphatic heterocycles. The van der Waals surface area contributed by atoms with Crippen LogP contribution in [-0.4, -0.2) is 39.1 Å². The summed E-state index contributed by atoms with van der Waals surface area (Å²) in [5.74, 6) is -0.239. The number of aryl methyl sites for hydroxylation is 3. The van der Waals surface area contributed by atoms with Gasteiger partial charge in [-0.15, -0.1) is 0 Å². The Balaban J connectivity index is 1.88. The standard InChI is InChI=1S/C23H29N3O3/c1-14-11-15(2)18(16(3)12-14)23(7-5-6-8-23)13-17-24-21(28)20(27)19-22(29)25(4)9-10-26(17)19/h11-12,27H,5-10,13H2,1-4H3. The van der Waals surface area contributed by atoms with Gasteiger partial charge in [-0.1, -0.05) is 30.5 Å². The van der Waals surface area contributed by atoms with E-state index in [1.165, 1.54) is 27.2 Å². The zero-order valence-electron chi connectivity index (χ0n) is 17.7. The van der Waals surface area contributed by atoms with E-state index in [4.69, 9.17) is 0 Å². The number of amides is 1. The first-order valence-electron chi connectivity index (χ1n) is 10.4. The molecular weight excluding hydrogens is 366 g/mol. The zero-order chi connectivity index (χ0) is 20.9. The summed E-state index contributed by atoms with van der Waals surface area (Å²) >= 11 is 0. The number of hydrogen-bond acceptors (Lipinski definition) is 4. The number of fused-ring (bicyclic) bond motifs is 1. The Morgan fingerprint density at radius 2 is 1.69 bits per heavy atom. The van der Waals surface area contributed by atoms with E-state index >= 15 is 0 Å². The van der Waals surface area contributed by atoms with E-state index in [1.807, 2.05) is 0 Å². The smallest absolute Gasteiger partial charge is 0.315 e. The van der Waals surface area contributed by atoms with Crippen molar-refractivity contribution >= 4 is 5.91 Å². The molecule has 1 saturated carbocycles. The quantitative estimate of drug-likeness (QED) is 0.867. The number of rotatable bonds is 3. The molecule has 0 saturated heterocycles. The van der Waals surface area contributed by atoms with Gasteiger partial charge < -0.3 is 14.6 Å². The van der Waals surface area contributed by atoms with Crippen LogP contribution in [0.2, 0.25) is 0 Å². The van der Waals surface area contributed by atoms with Crippen LogP contribution >= 0.6 is 0 Å². The van der Waals surface area contributed by atoms with Crippen molar-refractivity contribution in [2.75, 3.05) is 13.6 Å². The molecule has 1 aromatic heterocycles. The van der Waals surface area contributed by atoms with Gasteiger partial charge >= 0.3 is 5.56 Å². The number of aromatic nitrogens is 2. The third-order valence-corrected chi connectivity index (χ3v) is 6.71. The lowest BCUT2D eigenvalue weighted by Crippen LogP contribution is -2.42. The molecule has 1 aliphatic carbocycles. The third kappa shape index (κ3) is 3.15. The molecule has 4 rings (SSSR count). The Morgan fingerprint density at radius 3 is 2.31 bits per heavy atom. The average molecular weight is 396 g/mol. The van der Waals surface area contributed by atoms with Gasteiger partial charge in [0.05, 0.1) is 0 Å². The van der Waals surface area contributed by atoms with Crippen molar-refractivity contribution in [3.63, 3.8) is 0 Å². The molecule has 29 heavy (non-hydrogen) atoms. The van der Waals surface area contributed by atoms with E-state index in [0.29, 0.717) is 25.3 Å². The lowest BCUT2D eigenvalue weighted by Gasteiger charge is -2.35. The summed E-state index contributed by atoms with van der Waals surface area (Å²) < 4.78 is 1.78. The molecule has 2 aromatic rings. The molecule has 1 fully saturated rings. The number of nitrogens with zero attached hydrogens (tertiary/aromatic N) is 3. The molecule has 1 N–H and O–H groups in total. The predicted molar refractivity (Wildman–Crippen MR) is 112 cm³/mol. The Hall–Kier alpha value is -2.63. The lowest BCUT2D eigenvalue weighted by molar-refractivity contribution is 0.0737. The highest BCUT2D eigenvalue weighted by atomic mass is 16.3. The highest BCUT2D eigenvalue weighted by Gasteiger charge is 2.40. The van der Waals surface area contributed by atoms with Crippen molar-refractivity contribution in [2.24, 2.45) is 0 Å². The average Bonchev–Trinajstić information content (AvgIpc) is 3.10. The Morgan fingerprint density at radius 1 is 1.07 bits per heavy atom. The summed E-state index contributed by atoms with van der Waals surface area (Å²) in [5.41, 5.74) is 4.45. The monoisotopic (exact) mass is 395 g/mol. The maximum atomic E-state index is 12.7. The van der Waals surface area contributed by atoms with Crippen LogP contribution in [0.15, 0.2) is 16.9 Å². The number of hydrogen-bond donors (Lipinski definition) is 1. The lowest BCUT2D eigenvalue weighted by atomic mass is 9.72. The molecule has 1 aromatic carbocycles. The molecule has 6 nitrogen and oxygen atoms in total. The minimum absolute atomic E-state index is 0.0826. The molecule has 1 amide bonds. The van der Waals surface area contributed by atoms with E-state index in [9.17, 15) is 14.7 Å². The second kappa shape index (κ2) is 7.01. The van der Waals surface area contributed by atoms with Crippen LogP contribution < -0.4 is 5.56 Å². The van der Waals surface area contributed by atoms with E-state index < -0.39 is 11.3 Å². The van der Waals surface area contributed by atoms with Crippen molar-refractivity contribution in [2.45, 2.75) is 64.8 Å². The van der Waals surface area contributed by atoms with Gasteiger partial charge in [-0.25, -0.2) is 0 Å². The molecule has 0 atom stereocenters. The molecule has 0 bridgehead atoms. The first-order chi connectivity index (χ1) is 13.7. The highest BCUT2D eigenvalue weighted by molar-refractivity contribution is 5.95. The summed E-state index contributed by atoms with van der Waals surface area (Å²) in [6.45, 7) is 7.53. The van der Waals surface area contributed by atoms with Gasteiger partial charge in [-0.3, -0.25) is 9.59 Å². The van der Waals surface area contributed by atoms with Crippen LogP contribution in [0, 0.1) is 20.8 Å². The van der Waals surface area contributed by atoms with Gasteiger partial charge in [-0.05, 0) is 50.3 Å². The van der Waals surface area contributed by atoms with Crippen LogP contribution in [0.5, 0.6) is 5.75 Å². The maximum absolute atomic E-state index is 12.7. The largest absolute Gasteiger partial charge is 0.501 e. The van der Waals surface area contributed by atoms with Crippen molar-refractivity contribution in [1.29, 1.82) is 0 Å². The van der Waals surface area contributed by atoms with Gasteiger partial charge in [0.2, 0.25) is 5.75 Å². The number of likely N-dealkylation sites (N-methyl/N-ethyl adjacent to an activating group) is 1.